The number of halogens is 1. The standard InChI is InChI=1S/C17H16ClNO3/c18-13-9-10-16(21)14(11-13)19-17(22)8-4-7-15(20)12-5-2-1-3-6-12/h1-3,5-6,9-11,21H,4,7-8H2,(H,19,22). The third-order valence-corrected chi connectivity index (χ3v) is 3.37. The number of nitrogens with one attached hydrogen (secondary N) is 1. The van der Waals surface area contributed by atoms with Crippen molar-refractivity contribution >= 4 is 29.0 Å². The number of ketones is 1. The molecule has 2 rings (SSSR count). The summed E-state index contributed by atoms with van der Waals surface area (Å²) in [7, 11) is 0. The second-order valence-electron chi connectivity index (χ2n) is 4.85. The molecule has 0 unspecified atom stereocenters. The van der Waals surface area contributed by atoms with Crippen LogP contribution < -0.4 is 5.32 Å². The average molecular weight is 318 g/mol. The second-order valence-corrected chi connectivity index (χ2v) is 5.29. The van der Waals surface area contributed by atoms with Crippen LogP contribution in [-0.4, -0.2) is 16.8 Å². The Morgan fingerprint density at radius 1 is 1.05 bits per heavy atom. The quantitative estimate of drug-likeness (QED) is 0.624. The fourth-order valence-corrected chi connectivity index (χ4v) is 2.17. The largest absolute Gasteiger partial charge is 0.506 e. The lowest BCUT2D eigenvalue weighted by Crippen LogP contribution is -2.12. The summed E-state index contributed by atoms with van der Waals surface area (Å²) in [6.45, 7) is 0. The number of phenols is 1. The number of hydrogen-bond donors (Lipinski definition) is 2. The summed E-state index contributed by atoms with van der Waals surface area (Å²) in [6, 6.07) is 13.4. The van der Waals surface area contributed by atoms with Gasteiger partial charge in [0.25, 0.3) is 0 Å². The van der Waals surface area contributed by atoms with Crippen LogP contribution in [0.15, 0.2) is 48.5 Å². The average Bonchev–Trinajstić information content (AvgIpc) is 2.51. The zero-order chi connectivity index (χ0) is 15.9. The highest BCUT2D eigenvalue weighted by atomic mass is 35.5. The van der Waals surface area contributed by atoms with Crippen LogP contribution in [0, 0.1) is 0 Å². The summed E-state index contributed by atoms with van der Waals surface area (Å²) in [5, 5.41) is 12.6. The number of carbonyl (C=O) groups excluding carboxylic acids is 2. The molecule has 0 aliphatic rings. The van der Waals surface area contributed by atoms with Gasteiger partial charge in [-0.2, -0.15) is 0 Å². The first-order valence-electron chi connectivity index (χ1n) is 6.93. The molecule has 0 saturated heterocycles. The van der Waals surface area contributed by atoms with Gasteiger partial charge in [0, 0.05) is 23.4 Å². The molecule has 0 aromatic heterocycles. The van der Waals surface area contributed by atoms with E-state index >= 15 is 0 Å². The van der Waals surface area contributed by atoms with E-state index in [2.05, 4.69) is 5.32 Å². The SMILES string of the molecule is O=C(CCCC(=O)c1ccccc1)Nc1cc(Cl)ccc1O. The topological polar surface area (TPSA) is 66.4 Å². The highest BCUT2D eigenvalue weighted by Gasteiger charge is 2.09. The third kappa shape index (κ3) is 4.60. The van der Waals surface area contributed by atoms with Gasteiger partial charge in [-0.1, -0.05) is 41.9 Å². The van der Waals surface area contributed by atoms with Gasteiger partial charge in [-0.15, -0.1) is 0 Å². The zero-order valence-corrected chi connectivity index (χ0v) is 12.6. The summed E-state index contributed by atoms with van der Waals surface area (Å²) >= 11 is 5.81. The highest BCUT2D eigenvalue weighted by Crippen LogP contribution is 2.26. The normalized spacial score (nSPS) is 10.2. The summed E-state index contributed by atoms with van der Waals surface area (Å²) < 4.78 is 0. The Hall–Kier alpha value is -2.33. The van der Waals surface area contributed by atoms with E-state index < -0.39 is 0 Å². The van der Waals surface area contributed by atoms with Crippen molar-refractivity contribution in [2.45, 2.75) is 19.3 Å². The first-order valence-corrected chi connectivity index (χ1v) is 7.30. The lowest BCUT2D eigenvalue weighted by molar-refractivity contribution is -0.116. The van der Waals surface area contributed by atoms with Crippen molar-refractivity contribution in [2.75, 3.05) is 5.32 Å². The molecule has 0 fully saturated rings. The monoisotopic (exact) mass is 317 g/mol. The Labute approximate surface area is 133 Å². The number of phenolic OH excluding ortho intramolecular Hbond substituents is 1. The van der Waals surface area contributed by atoms with Gasteiger partial charge < -0.3 is 10.4 Å². The fraction of sp³-hybridized carbons (Fsp3) is 0.176. The van der Waals surface area contributed by atoms with Gasteiger partial charge in [-0.3, -0.25) is 9.59 Å². The van der Waals surface area contributed by atoms with E-state index in [4.69, 9.17) is 11.6 Å². The van der Waals surface area contributed by atoms with E-state index in [-0.39, 0.29) is 29.5 Å². The van der Waals surface area contributed by atoms with E-state index in [9.17, 15) is 14.7 Å². The second kappa shape index (κ2) is 7.61. The van der Waals surface area contributed by atoms with Crippen LogP contribution in [-0.2, 0) is 4.79 Å². The Balaban J connectivity index is 1.81. The molecule has 0 aliphatic carbocycles. The first-order chi connectivity index (χ1) is 10.6. The number of benzene rings is 2. The molecule has 0 aliphatic heterocycles. The number of carbonyl (C=O) groups is 2. The van der Waals surface area contributed by atoms with Crippen LogP contribution in [0.2, 0.25) is 5.02 Å². The molecule has 0 heterocycles. The van der Waals surface area contributed by atoms with Crippen LogP contribution in [0.5, 0.6) is 5.75 Å². The van der Waals surface area contributed by atoms with Gasteiger partial charge >= 0.3 is 0 Å². The molecule has 2 aromatic rings. The molecule has 1 amide bonds. The molecule has 2 N–H and O–H groups in total. The van der Waals surface area contributed by atoms with Gasteiger partial charge in [0.15, 0.2) is 5.78 Å². The first kappa shape index (κ1) is 16.0. The van der Waals surface area contributed by atoms with Crippen LogP contribution in [0.1, 0.15) is 29.6 Å². The van der Waals surface area contributed by atoms with Crippen LogP contribution >= 0.6 is 11.6 Å². The van der Waals surface area contributed by atoms with Gasteiger partial charge in [0.1, 0.15) is 5.75 Å². The molecular formula is C17H16ClNO3. The van der Waals surface area contributed by atoms with Crippen LogP contribution in [0.25, 0.3) is 0 Å². The third-order valence-electron chi connectivity index (χ3n) is 3.14. The van der Waals surface area contributed by atoms with Crippen molar-refractivity contribution in [1.29, 1.82) is 0 Å². The van der Waals surface area contributed by atoms with Gasteiger partial charge in [-0.25, -0.2) is 0 Å². The van der Waals surface area contributed by atoms with Crippen LogP contribution in [0.4, 0.5) is 5.69 Å². The number of rotatable bonds is 6. The molecule has 0 radical (unpaired) electrons. The van der Waals surface area contributed by atoms with Crippen molar-refractivity contribution in [3.8, 4) is 5.75 Å². The van der Waals surface area contributed by atoms with E-state index in [1.165, 1.54) is 18.2 Å². The van der Waals surface area contributed by atoms with Crippen molar-refractivity contribution in [3.05, 3.63) is 59.1 Å². The number of hydrogen-bond acceptors (Lipinski definition) is 3. The molecule has 4 nitrogen and oxygen atoms in total. The molecule has 0 spiro atoms. The molecule has 0 saturated carbocycles. The number of amides is 1. The lowest BCUT2D eigenvalue weighted by atomic mass is 10.1. The van der Waals surface area contributed by atoms with Crippen LogP contribution in [0.3, 0.4) is 0 Å². The zero-order valence-electron chi connectivity index (χ0n) is 11.9. The van der Waals surface area contributed by atoms with E-state index in [1.54, 1.807) is 12.1 Å². The van der Waals surface area contributed by atoms with Gasteiger partial charge in [0.2, 0.25) is 5.91 Å². The van der Waals surface area contributed by atoms with E-state index in [0.717, 1.165) is 0 Å². The highest BCUT2D eigenvalue weighted by molar-refractivity contribution is 6.31. The molecule has 22 heavy (non-hydrogen) atoms. The number of Topliss-reactive ketones (excluding diaryl/α,β-unsaturated/α-hetero) is 1. The summed E-state index contributed by atoms with van der Waals surface area (Å²) in [5.41, 5.74) is 0.919. The molecule has 0 atom stereocenters. The maximum absolute atomic E-state index is 11.9. The van der Waals surface area contributed by atoms with Gasteiger partial charge in [0.05, 0.1) is 5.69 Å². The van der Waals surface area contributed by atoms with Crippen molar-refractivity contribution in [1.82, 2.24) is 0 Å². The maximum Gasteiger partial charge on any atom is 0.224 e. The minimum atomic E-state index is -0.265. The molecule has 5 heteroatoms. The van der Waals surface area contributed by atoms with Crippen molar-refractivity contribution < 1.29 is 14.7 Å². The Morgan fingerprint density at radius 2 is 1.77 bits per heavy atom. The predicted molar refractivity (Wildman–Crippen MR) is 86.4 cm³/mol. The number of anilines is 1. The number of aromatic hydroxyl groups is 1. The maximum atomic E-state index is 11.9. The Morgan fingerprint density at radius 3 is 2.50 bits per heavy atom. The lowest BCUT2D eigenvalue weighted by Gasteiger charge is -2.07. The fourth-order valence-electron chi connectivity index (χ4n) is 2.00. The minimum absolute atomic E-state index is 0.0130. The predicted octanol–water partition coefficient (Wildman–Crippen LogP) is 4.04. The smallest absolute Gasteiger partial charge is 0.224 e. The molecular weight excluding hydrogens is 302 g/mol. The summed E-state index contributed by atoms with van der Waals surface area (Å²) in [4.78, 5) is 23.7. The minimum Gasteiger partial charge on any atom is -0.506 e. The summed E-state index contributed by atoms with van der Waals surface area (Å²) in [6.07, 6.45) is 0.949. The van der Waals surface area contributed by atoms with E-state index in [0.29, 0.717) is 23.4 Å². The molecule has 0 bridgehead atoms. The molecule has 114 valence electrons. The Kier molecular flexibility index (Phi) is 5.55. The summed E-state index contributed by atoms with van der Waals surface area (Å²) in [5.74, 6) is -0.296. The van der Waals surface area contributed by atoms with Crippen molar-refractivity contribution in [2.24, 2.45) is 0 Å². The Bertz CT molecular complexity index is 671. The molecule has 2 aromatic carbocycles. The van der Waals surface area contributed by atoms with E-state index in [1.807, 2.05) is 18.2 Å². The van der Waals surface area contributed by atoms with Gasteiger partial charge in [-0.05, 0) is 24.6 Å². The van der Waals surface area contributed by atoms with Crippen molar-refractivity contribution in [3.63, 3.8) is 0 Å².